The fourth-order valence-electron chi connectivity index (χ4n) is 8.14. The average Bonchev–Trinajstić information content (AvgIpc) is 3.69. The summed E-state index contributed by atoms with van der Waals surface area (Å²) >= 11 is 0. The normalized spacial score (nSPS) is 11.4. The summed E-state index contributed by atoms with van der Waals surface area (Å²) in [5.41, 5.74) is 9.75. The van der Waals surface area contributed by atoms with Gasteiger partial charge in [-0.05, 0) is 63.7 Å². The van der Waals surface area contributed by atoms with E-state index in [2.05, 4.69) is 163 Å². The monoisotopic (exact) mass is 742 g/mol. The molecule has 0 aliphatic rings. The number of rotatable bonds is 7. The summed E-state index contributed by atoms with van der Waals surface area (Å²) in [6.45, 7) is 0. The summed E-state index contributed by atoms with van der Waals surface area (Å²) in [7, 11) is 0. The number of fused-ring (bicyclic) bond motifs is 6. The molecule has 5 nitrogen and oxygen atoms in total. The van der Waals surface area contributed by atoms with Crippen LogP contribution in [-0.4, -0.2) is 15.0 Å². The molecule has 0 aliphatic heterocycles. The number of benzene rings is 9. The van der Waals surface area contributed by atoms with Crippen LogP contribution in [0.2, 0.25) is 0 Å². The summed E-state index contributed by atoms with van der Waals surface area (Å²) < 4.78 is 6.84. The molecule has 9 aromatic carbocycles. The highest BCUT2D eigenvalue weighted by Crippen LogP contribution is 2.46. The number of nitrogens with zero attached hydrogens (tertiary/aromatic N) is 4. The van der Waals surface area contributed by atoms with Gasteiger partial charge in [0.25, 0.3) is 0 Å². The lowest BCUT2D eigenvalue weighted by Crippen LogP contribution is -2.10. The maximum Gasteiger partial charge on any atom is 0.164 e. The minimum Gasteiger partial charge on any atom is -0.456 e. The van der Waals surface area contributed by atoms with Gasteiger partial charge in [-0.25, -0.2) is 15.0 Å². The number of anilines is 3. The lowest BCUT2D eigenvalue weighted by atomic mass is 9.98. The molecule has 11 rings (SSSR count). The Morgan fingerprint density at radius 2 is 0.914 bits per heavy atom. The zero-order chi connectivity index (χ0) is 38.4. The van der Waals surface area contributed by atoms with Crippen LogP contribution in [0.15, 0.2) is 211 Å². The number of aromatic nitrogens is 3. The van der Waals surface area contributed by atoms with Gasteiger partial charge < -0.3 is 9.32 Å². The maximum atomic E-state index is 6.84. The van der Waals surface area contributed by atoms with Crippen molar-refractivity contribution in [3.8, 4) is 45.3 Å². The first-order valence-corrected chi connectivity index (χ1v) is 19.4. The van der Waals surface area contributed by atoms with Crippen molar-refractivity contribution < 1.29 is 4.42 Å². The molecule has 5 heteroatoms. The fraction of sp³-hybridized carbons (Fsp3) is 0. The van der Waals surface area contributed by atoms with Crippen LogP contribution in [0.5, 0.6) is 0 Å². The molecule has 0 N–H and O–H groups in total. The van der Waals surface area contributed by atoms with Gasteiger partial charge >= 0.3 is 0 Å². The van der Waals surface area contributed by atoms with Gasteiger partial charge in [-0.2, -0.15) is 0 Å². The van der Waals surface area contributed by atoms with E-state index >= 15 is 0 Å². The Morgan fingerprint density at radius 1 is 0.345 bits per heavy atom. The molecular formula is C53H34N4O. The van der Waals surface area contributed by atoms with E-state index in [0.717, 1.165) is 71.8 Å². The highest BCUT2D eigenvalue weighted by molar-refractivity contribution is 6.25. The van der Waals surface area contributed by atoms with Crippen molar-refractivity contribution in [1.29, 1.82) is 0 Å². The molecule has 0 radical (unpaired) electrons. The SMILES string of the molecule is c1ccc(-c2ccc(N(c3ccccc3)c3cc4oc5cccc(-c6nc(-c7ccccc7)nc(-c7ccc8ccccc8c7)n6)c5c4c4ccccc34)cc2)cc1. The van der Waals surface area contributed by atoms with Crippen LogP contribution in [0, 0.1) is 0 Å². The second-order valence-electron chi connectivity index (χ2n) is 14.4. The molecule has 0 fully saturated rings. The lowest BCUT2D eigenvalue weighted by Gasteiger charge is -2.27. The summed E-state index contributed by atoms with van der Waals surface area (Å²) in [5.74, 6) is 1.81. The third kappa shape index (κ3) is 5.85. The summed E-state index contributed by atoms with van der Waals surface area (Å²) in [5, 5.41) is 6.46. The predicted octanol–water partition coefficient (Wildman–Crippen LogP) is 14.2. The molecule has 0 aliphatic carbocycles. The quantitative estimate of drug-likeness (QED) is 0.163. The minimum absolute atomic E-state index is 0.586. The van der Waals surface area contributed by atoms with E-state index in [1.165, 1.54) is 16.5 Å². The smallest absolute Gasteiger partial charge is 0.164 e. The van der Waals surface area contributed by atoms with Crippen molar-refractivity contribution in [3.05, 3.63) is 206 Å². The van der Waals surface area contributed by atoms with Crippen molar-refractivity contribution in [2.45, 2.75) is 0 Å². The van der Waals surface area contributed by atoms with Crippen LogP contribution in [-0.2, 0) is 0 Å². The topological polar surface area (TPSA) is 55.1 Å². The number of hydrogen-bond acceptors (Lipinski definition) is 5. The third-order valence-electron chi connectivity index (χ3n) is 10.9. The summed E-state index contributed by atoms with van der Waals surface area (Å²) in [4.78, 5) is 17.7. The van der Waals surface area contributed by atoms with Gasteiger partial charge in [-0.1, -0.05) is 164 Å². The van der Waals surface area contributed by atoms with Crippen molar-refractivity contribution in [2.75, 3.05) is 4.90 Å². The standard InChI is InChI=1S/C53H34N4O/c1-4-15-35(16-5-1)37-29-31-42(32-30-37)57(41-21-8-3-9-22-41)46-34-48-49(44-24-13-12-23-43(44)46)50-45(25-14-26-47(50)58-48)53-55-51(38-18-6-2-7-19-38)54-52(56-53)40-28-27-36-17-10-11-20-39(36)33-40/h1-34H. The molecule has 272 valence electrons. The van der Waals surface area contributed by atoms with Crippen molar-refractivity contribution in [1.82, 2.24) is 15.0 Å². The van der Waals surface area contributed by atoms with Gasteiger partial charge in [0.05, 0.1) is 5.69 Å². The Kier molecular flexibility index (Phi) is 8.07. The summed E-state index contributed by atoms with van der Waals surface area (Å²) in [6.07, 6.45) is 0. The average molecular weight is 743 g/mol. The van der Waals surface area contributed by atoms with Gasteiger partial charge in [0, 0.05) is 50.3 Å². The van der Waals surface area contributed by atoms with Gasteiger partial charge in [0.2, 0.25) is 0 Å². The number of hydrogen-bond donors (Lipinski definition) is 0. The Hall–Kier alpha value is -7.89. The molecular weight excluding hydrogens is 709 g/mol. The van der Waals surface area contributed by atoms with E-state index in [1.54, 1.807) is 0 Å². The number of para-hydroxylation sites is 1. The molecule has 11 aromatic rings. The molecule has 0 amide bonds. The highest BCUT2D eigenvalue weighted by Gasteiger charge is 2.23. The summed E-state index contributed by atoms with van der Waals surface area (Å²) in [6, 6.07) is 71.6. The molecule has 0 saturated heterocycles. The largest absolute Gasteiger partial charge is 0.456 e. The molecule has 58 heavy (non-hydrogen) atoms. The van der Waals surface area contributed by atoms with E-state index < -0.39 is 0 Å². The minimum atomic E-state index is 0.586. The Balaban J connectivity index is 1.13. The van der Waals surface area contributed by atoms with E-state index in [9.17, 15) is 0 Å². The molecule has 0 saturated carbocycles. The van der Waals surface area contributed by atoms with E-state index in [0.29, 0.717) is 17.5 Å². The van der Waals surface area contributed by atoms with Crippen LogP contribution < -0.4 is 4.90 Å². The second-order valence-corrected chi connectivity index (χ2v) is 14.4. The fourth-order valence-corrected chi connectivity index (χ4v) is 8.14. The second kappa shape index (κ2) is 14.0. The lowest BCUT2D eigenvalue weighted by molar-refractivity contribution is 0.669. The molecule has 2 aromatic heterocycles. The van der Waals surface area contributed by atoms with E-state index in [1.807, 2.05) is 48.5 Å². The molecule has 0 spiro atoms. The Labute approximate surface area is 335 Å². The predicted molar refractivity (Wildman–Crippen MR) is 239 cm³/mol. The molecule has 2 heterocycles. The first-order chi connectivity index (χ1) is 28.7. The maximum absolute atomic E-state index is 6.84. The third-order valence-corrected chi connectivity index (χ3v) is 10.9. The van der Waals surface area contributed by atoms with E-state index in [4.69, 9.17) is 19.4 Å². The van der Waals surface area contributed by atoms with Gasteiger partial charge in [0.1, 0.15) is 11.2 Å². The molecule has 0 atom stereocenters. The first-order valence-electron chi connectivity index (χ1n) is 19.4. The highest BCUT2D eigenvalue weighted by atomic mass is 16.3. The van der Waals surface area contributed by atoms with Crippen LogP contribution in [0.3, 0.4) is 0 Å². The molecule has 0 unspecified atom stereocenters. The van der Waals surface area contributed by atoms with Crippen LogP contribution >= 0.6 is 0 Å². The Morgan fingerprint density at radius 3 is 1.67 bits per heavy atom. The van der Waals surface area contributed by atoms with Gasteiger partial charge in [-0.15, -0.1) is 0 Å². The first kappa shape index (κ1) is 33.4. The zero-order valence-corrected chi connectivity index (χ0v) is 31.3. The van der Waals surface area contributed by atoms with Crippen molar-refractivity contribution >= 4 is 60.5 Å². The van der Waals surface area contributed by atoms with Gasteiger partial charge in [0.15, 0.2) is 17.5 Å². The van der Waals surface area contributed by atoms with Crippen LogP contribution in [0.1, 0.15) is 0 Å². The zero-order valence-electron chi connectivity index (χ0n) is 31.3. The number of furan rings is 1. The molecule has 0 bridgehead atoms. The Bertz CT molecular complexity index is 3270. The van der Waals surface area contributed by atoms with Crippen LogP contribution in [0.4, 0.5) is 17.1 Å². The van der Waals surface area contributed by atoms with Crippen molar-refractivity contribution in [2.24, 2.45) is 0 Å². The van der Waals surface area contributed by atoms with Gasteiger partial charge in [-0.3, -0.25) is 0 Å². The van der Waals surface area contributed by atoms with Crippen LogP contribution in [0.25, 0.3) is 88.8 Å². The van der Waals surface area contributed by atoms with E-state index in [-0.39, 0.29) is 0 Å². The van der Waals surface area contributed by atoms with Crippen molar-refractivity contribution in [3.63, 3.8) is 0 Å².